The van der Waals surface area contributed by atoms with Gasteiger partial charge in [-0.1, -0.05) is 6.07 Å². The lowest BCUT2D eigenvalue weighted by Crippen LogP contribution is -2.17. The molecule has 4 nitrogen and oxygen atoms in total. The van der Waals surface area contributed by atoms with Gasteiger partial charge in [0.15, 0.2) is 0 Å². The molecule has 1 aliphatic rings. The normalized spacial score (nSPS) is 16.8. The first-order valence-corrected chi connectivity index (χ1v) is 5.70. The largest absolute Gasteiger partial charge is 0.497 e. The molecule has 0 amide bonds. The number of benzene rings is 1. The molecular formula is C13H15N3O. The molecular weight excluding hydrogens is 214 g/mol. The summed E-state index contributed by atoms with van der Waals surface area (Å²) in [5.74, 6) is 0.827. The van der Waals surface area contributed by atoms with Crippen molar-refractivity contribution in [3.8, 4) is 11.4 Å². The molecule has 1 aliphatic carbocycles. The van der Waals surface area contributed by atoms with Gasteiger partial charge in [0.1, 0.15) is 5.75 Å². The Hall–Kier alpha value is -1.81. The van der Waals surface area contributed by atoms with Crippen LogP contribution in [0, 0.1) is 0 Å². The van der Waals surface area contributed by atoms with Crippen LogP contribution in [0.15, 0.2) is 36.7 Å². The Kier molecular flexibility index (Phi) is 2.19. The number of ether oxygens (including phenoxy) is 1. The zero-order valence-electron chi connectivity index (χ0n) is 9.76. The third-order valence-corrected chi connectivity index (χ3v) is 3.26. The second kappa shape index (κ2) is 3.60. The van der Waals surface area contributed by atoms with Crippen LogP contribution in [0.1, 0.15) is 18.4 Å². The first-order chi connectivity index (χ1) is 8.21. The van der Waals surface area contributed by atoms with Crippen LogP contribution in [-0.4, -0.2) is 16.9 Å². The fraction of sp³-hybridized carbons (Fsp3) is 0.308. The van der Waals surface area contributed by atoms with E-state index in [-0.39, 0.29) is 5.54 Å². The number of hydrogen-bond acceptors (Lipinski definition) is 3. The molecule has 1 aromatic carbocycles. The summed E-state index contributed by atoms with van der Waals surface area (Å²) in [4.78, 5) is 0. The molecule has 2 N–H and O–H groups in total. The van der Waals surface area contributed by atoms with Gasteiger partial charge in [-0.2, -0.15) is 5.10 Å². The van der Waals surface area contributed by atoms with Gasteiger partial charge in [0.05, 0.1) is 19.0 Å². The van der Waals surface area contributed by atoms with Gasteiger partial charge in [-0.25, -0.2) is 4.68 Å². The van der Waals surface area contributed by atoms with Gasteiger partial charge >= 0.3 is 0 Å². The van der Waals surface area contributed by atoms with Gasteiger partial charge in [-0.15, -0.1) is 0 Å². The second-order valence-corrected chi connectivity index (χ2v) is 4.53. The first kappa shape index (κ1) is 10.4. The SMILES string of the molecule is COc1cccc(-n2cc(C3(N)CC3)cn2)c1. The Morgan fingerprint density at radius 3 is 2.94 bits per heavy atom. The molecule has 4 heteroatoms. The van der Waals surface area contributed by atoms with Gasteiger partial charge in [0.2, 0.25) is 0 Å². The zero-order valence-corrected chi connectivity index (χ0v) is 9.76. The summed E-state index contributed by atoms with van der Waals surface area (Å²) < 4.78 is 7.04. The number of nitrogens with two attached hydrogens (primary N) is 1. The maximum Gasteiger partial charge on any atom is 0.121 e. The van der Waals surface area contributed by atoms with Gasteiger partial charge in [0.25, 0.3) is 0 Å². The van der Waals surface area contributed by atoms with Crippen LogP contribution in [0.4, 0.5) is 0 Å². The van der Waals surface area contributed by atoms with Crippen LogP contribution in [0.5, 0.6) is 5.75 Å². The summed E-state index contributed by atoms with van der Waals surface area (Å²) in [5.41, 5.74) is 8.11. The summed E-state index contributed by atoms with van der Waals surface area (Å²) in [6, 6.07) is 7.81. The molecule has 0 saturated heterocycles. The molecule has 17 heavy (non-hydrogen) atoms. The van der Waals surface area contributed by atoms with Crippen molar-refractivity contribution in [3.05, 3.63) is 42.2 Å². The summed E-state index contributed by atoms with van der Waals surface area (Å²) in [6.45, 7) is 0. The quantitative estimate of drug-likeness (QED) is 0.873. The molecule has 88 valence electrons. The van der Waals surface area contributed by atoms with Crippen molar-refractivity contribution >= 4 is 0 Å². The van der Waals surface area contributed by atoms with Gasteiger partial charge in [-0.3, -0.25) is 0 Å². The molecule has 0 atom stereocenters. The third kappa shape index (κ3) is 1.80. The van der Waals surface area contributed by atoms with Crippen LogP contribution in [0.25, 0.3) is 5.69 Å². The molecule has 0 bridgehead atoms. The van der Waals surface area contributed by atoms with E-state index in [1.165, 1.54) is 0 Å². The second-order valence-electron chi connectivity index (χ2n) is 4.53. The van der Waals surface area contributed by atoms with Crippen molar-refractivity contribution in [2.75, 3.05) is 7.11 Å². The Bertz CT molecular complexity index is 543. The number of nitrogens with zero attached hydrogens (tertiary/aromatic N) is 2. The highest BCUT2D eigenvalue weighted by Gasteiger charge is 2.41. The smallest absolute Gasteiger partial charge is 0.121 e. The minimum absolute atomic E-state index is 0.128. The number of rotatable bonds is 3. The topological polar surface area (TPSA) is 53.1 Å². The molecule has 0 unspecified atom stereocenters. The molecule has 1 saturated carbocycles. The van der Waals surface area contributed by atoms with Crippen LogP contribution >= 0.6 is 0 Å². The predicted molar refractivity (Wildman–Crippen MR) is 65.2 cm³/mol. The average Bonchev–Trinajstić information content (AvgIpc) is 2.94. The van der Waals surface area contributed by atoms with Gasteiger partial charge in [-0.05, 0) is 25.0 Å². The van der Waals surface area contributed by atoms with Crippen molar-refractivity contribution < 1.29 is 4.74 Å². The predicted octanol–water partition coefficient (Wildman–Crippen LogP) is 1.83. The highest BCUT2D eigenvalue weighted by atomic mass is 16.5. The molecule has 1 fully saturated rings. The molecule has 1 heterocycles. The average molecular weight is 229 g/mol. The van der Waals surface area contributed by atoms with Gasteiger partial charge < -0.3 is 10.5 Å². The van der Waals surface area contributed by atoms with E-state index < -0.39 is 0 Å². The van der Waals surface area contributed by atoms with E-state index in [0.717, 1.165) is 29.8 Å². The standard InChI is InChI=1S/C13H15N3O/c1-17-12-4-2-3-11(7-12)16-9-10(8-15-16)13(14)5-6-13/h2-4,7-9H,5-6,14H2,1H3. The molecule has 0 radical (unpaired) electrons. The maximum atomic E-state index is 6.14. The van der Waals surface area contributed by atoms with E-state index in [9.17, 15) is 0 Å². The lowest BCUT2D eigenvalue weighted by molar-refractivity contribution is 0.414. The van der Waals surface area contributed by atoms with Crippen LogP contribution < -0.4 is 10.5 Å². The summed E-state index contributed by atoms with van der Waals surface area (Å²) in [6.07, 6.45) is 5.96. The van der Waals surface area contributed by atoms with Crippen molar-refractivity contribution in [1.82, 2.24) is 9.78 Å². The molecule has 2 aromatic rings. The number of hydrogen-bond donors (Lipinski definition) is 1. The highest BCUT2D eigenvalue weighted by molar-refractivity contribution is 5.39. The maximum absolute atomic E-state index is 6.14. The number of methoxy groups -OCH3 is 1. The van der Waals surface area contributed by atoms with E-state index >= 15 is 0 Å². The van der Waals surface area contributed by atoms with Crippen molar-refractivity contribution in [2.45, 2.75) is 18.4 Å². The van der Waals surface area contributed by atoms with E-state index in [1.54, 1.807) is 7.11 Å². The minimum atomic E-state index is -0.128. The third-order valence-electron chi connectivity index (χ3n) is 3.26. The molecule has 0 aliphatic heterocycles. The summed E-state index contributed by atoms with van der Waals surface area (Å²) in [7, 11) is 1.66. The Labute approximate surface area is 100 Å². The first-order valence-electron chi connectivity index (χ1n) is 5.70. The van der Waals surface area contributed by atoms with E-state index in [4.69, 9.17) is 10.5 Å². The number of aromatic nitrogens is 2. The van der Waals surface area contributed by atoms with Gasteiger partial charge in [0, 0.05) is 23.4 Å². The Balaban J connectivity index is 1.95. The summed E-state index contributed by atoms with van der Waals surface area (Å²) in [5, 5.41) is 4.35. The van der Waals surface area contributed by atoms with E-state index in [0.29, 0.717) is 0 Å². The van der Waals surface area contributed by atoms with Crippen molar-refractivity contribution in [2.24, 2.45) is 5.73 Å². The zero-order chi connectivity index (χ0) is 11.9. The molecule has 3 rings (SSSR count). The molecule has 0 spiro atoms. The van der Waals surface area contributed by atoms with Crippen molar-refractivity contribution in [3.63, 3.8) is 0 Å². The lowest BCUT2D eigenvalue weighted by atomic mass is 10.1. The minimum Gasteiger partial charge on any atom is -0.497 e. The van der Waals surface area contributed by atoms with Crippen molar-refractivity contribution in [1.29, 1.82) is 0 Å². The fourth-order valence-corrected chi connectivity index (χ4v) is 1.90. The van der Waals surface area contributed by atoms with Crippen LogP contribution in [-0.2, 0) is 5.54 Å². The van der Waals surface area contributed by atoms with E-state index in [1.807, 2.05) is 41.3 Å². The lowest BCUT2D eigenvalue weighted by Gasteiger charge is -2.05. The Morgan fingerprint density at radius 2 is 2.24 bits per heavy atom. The summed E-state index contributed by atoms with van der Waals surface area (Å²) >= 11 is 0. The Morgan fingerprint density at radius 1 is 1.41 bits per heavy atom. The fourth-order valence-electron chi connectivity index (χ4n) is 1.90. The van der Waals surface area contributed by atoms with Crippen LogP contribution in [0.2, 0.25) is 0 Å². The van der Waals surface area contributed by atoms with E-state index in [2.05, 4.69) is 5.10 Å². The monoisotopic (exact) mass is 229 g/mol. The van der Waals surface area contributed by atoms with Crippen LogP contribution in [0.3, 0.4) is 0 Å². The molecule has 1 aromatic heterocycles. The highest BCUT2D eigenvalue weighted by Crippen LogP contribution is 2.42.